The number of halogens is 1. The summed E-state index contributed by atoms with van der Waals surface area (Å²) in [6.45, 7) is 3.34. The molecular formula is C13H18FNO2. The van der Waals surface area contributed by atoms with Crippen LogP contribution in [0.5, 0.6) is 0 Å². The number of aryl methyl sites for hydroxylation is 1. The fraction of sp³-hybridized carbons (Fsp3) is 0.462. The van der Waals surface area contributed by atoms with Crippen LogP contribution in [0.15, 0.2) is 18.2 Å². The Hall–Kier alpha value is -1.42. The van der Waals surface area contributed by atoms with Crippen molar-refractivity contribution in [2.75, 3.05) is 14.1 Å². The summed E-state index contributed by atoms with van der Waals surface area (Å²) < 4.78 is 13.2. The average molecular weight is 239 g/mol. The van der Waals surface area contributed by atoms with Crippen LogP contribution in [-0.2, 0) is 4.79 Å². The van der Waals surface area contributed by atoms with Crippen molar-refractivity contribution in [3.05, 3.63) is 35.1 Å². The number of nitrogens with zero attached hydrogens (tertiary/aromatic N) is 1. The average Bonchev–Trinajstić information content (AvgIpc) is 2.22. The highest BCUT2D eigenvalue weighted by Crippen LogP contribution is 2.28. The number of benzene rings is 1. The quantitative estimate of drug-likeness (QED) is 0.877. The largest absolute Gasteiger partial charge is 0.481 e. The molecule has 2 atom stereocenters. The number of aliphatic carboxylic acids is 1. The Morgan fingerprint density at radius 1 is 1.41 bits per heavy atom. The lowest BCUT2D eigenvalue weighted by molar-refractivity contribution is -0.143. The smallest absolute Gasteiger partial charge is 0.308 e. The highest BCUT2D eigenvalue weighted by atomic mass is 19.1. The molecular weight excluding hydrogens is 221 g/mol. The molecule has 0 spiro atoms. The minimum Gasteiger partial charge on any atom is -0.481 e. The van der Waals surface area contributed by atoms with Gasteiger partial charge in [0.25, 0.3) is 0 Å². The van der Waals surface area contributed by atoms with Gasteiger partial charge in [0.15, 0.2) is 0 Å². The summed E-state index contributed by atoms with van der Waals surface area (Å²) in [5, 5.41) is 9.09. The lowest BCUT2D eigenvalue weighted by Gasteiger charge is -2.28. The van der Waals surface area contributed by atoms with E-state index in [9.17, 15) is 9.18 Å². The maximum Gasteiger partial charge on any atom is 0.308 e. The molecule has 0 saturated carbocycles. The number of hydrogen-bond donors (Lipinski definition) is 1. The summed E-state index contributed by atoms with van der Waals surface area (Å²) >= 11 is 0. The highest BCUT2D eigenvalue weighted by molar-refractivity contribution is 5.70. The molecule has 0 aliphatic heterocycles. The van der Waals surface area contributed by atoms with Gasteiger partial charge in [-0.05, 0) is 38.2 Å². The zero-order valence-corrected chi connectivity index (χ0v) is 10.6. The Kier molecular flexibility index (Phi) is 4.23. The first-order chi connectivity index (χ1) is 7.84. The third kappa shape index (κ3) is 3.03. The number of carbonyl (C=O) groups is 1. The molecule has 0 heterocycles. The summed E-state index contributed by atoms with van der Waals surface area (Å²) in [6.07, 6.45) is 0. The first kappa shape index (κ1) is 13.6. The SMILES string of the molecule is Cc1cc(C(C(C)C(=O)O)N(C)C)ccc1F. The molecule has 0 saturated heterocycles. The van der Waals surface area contributed by atoms with Gasteiger partial charge < -0.3 is 10.0 Å². The second kappa shape index (κ2) is 5.27. The van der Waals surface area contributed by atoms with Crippen molar-refractivity contribution < 1.29 is 14.3 Å². The topological polar surface area (TPSA) is 40.5 Å². The summed E-state index contributed by atoms with van der Waals surface area (Å²) in [4.78, 5) is 12.9. The third-order valence-corrected chi connectivity index (χ3v) is 2.94. The van der Waals surface area contributed by atoms with E-state index in [1.807, 2.05) is 19.0 Å². The minimum atomic E-state index is -0.856. The first-order valence-electron chi connectivity index (χ1n) is 5.50. The molecule has 1 rings (SSSR count). The van der Waals surface area contributed by atoms with E-state index in [0.29, 0.717) is 5.56 Å². The molecule has 0 aliphatic carbocycles. The van der Waals surface area contributed by atoms with Gasteiger partial charge in [-0.25, -0.2) is 4.39 Å². The Morgan fingerprint density at radius 3 is 2.41 bits per heavy atom. The van der Waals surface area contributed by atoms with Gasteiger partial charge in [-0.1, -0.05) is 19.1 Å². The van der Waals surface area contributed by atoms with Crippen LogP contribution < -0.4 is 0 Å². The van der Waals surface area contributed by atoms with Crippen molar-refractivity contribution in [3.63, 3.8) is 0 Å². The number of hydrogen-bond acceptors (Lipinski definition) is 2. The second-order valence-corrected chi connectivity index (χ2v) is 4.54. The fourth-order valence-electron chi connectivity index (χ4n) is 2.02. The van der Waals surface area contributed by atoms with Crippen LogP contribution in [0.2, 0.25) is 0 Å². The van der Waals surface area contributed by atoms with Crippen LogP contribution >= 0.6 is 0 Å². The van der Waals surface area contributed by atoms with E-state index in [1.165, 1.54) is 6.07 Å². The maximum absolute atomic E-state index is 13.2. The van der Waals surface area contributed by atoms with Crippen LogP contribution in [0.1, 0.15) is 24.1 Å². The Labute approximate surface area is 101 Å². The molecule has 94 valence electrons. The predicted molar refractivity (Wildman–Crippen MR) is 64.4 cm³/mol. The van der Waals surface area contributed by atoms with Crippen LogP contribution in [0.25, 0.3) is 0 Å². The Balaban J connectivity index is 3.14. The molecule has 4 heteroatoms. The van der Waals surface area contributed by atoms with Crippen LogP contribution in [0.4, 0.5) is 4.39 Å². The van der Waals surface area contributed by atoms with Gasteiger partial charge in [0.05, 0.1) is 5.92 Å². The van der Waals surface area contributed by atoms with Crippen LogP contribution in [-0.4, -0.2) is 30.1 Å². The molecule has 1 N–H and O–H groups in total. The van der Waals surface area contributed by atoms with Gasteiger partial charge in [0.1, 0.15) is 5.82 Å². The minimum absolute atomic E-state index is 0.258. The highest BCUT2D eigenvalue weighted by Gasteiger charge is 2.27. The van der Waals surface area contributed by atoms with E-state index >= 15 is 0 Å². The lowest BCUT2D eigenvalue weighted by atomic mass is 9.92. The molecule has 0 amide bonds. The van der Waals surface area contributed by atoms with Gasteiger partial charge in [-0.15, -0.1) is 0 Å². The summed E-state index contributed by atoms with van der Waals surface area (Å²) in [5.41, 5.74) is 1.36. The van der Waals surface area contributed by atoms with E-state index in [4.69, 9.17) is 5.11 Å². The fourth-order valence-corrected chi connectivity index (χ4v) is 2.02. The Bertz CT molecular complexity index is 418. The van der Waals surface area contributed by atoms with Crippen molar-refractivity contribution in [2.24, 2.45) is 5.92 Å². The first-order valence-corrected chi connectivity index (χ1v) is 5.50. The number of carboxylic acids is 1. The normalized spacial score (nSPS) is 14.7. The van der Waals surface area contributed by atoms with Gasteiger partial charge in [0.2, 0.25) is 0 Å². The molecule has 0 aliphatic rings. The van der Waals surface area contributed by atoms with Crippen LogP contribution in [0, 0.1) is 18.7 Å². The van der Waals surface area contributed by atoms with Gasteiger partial charge in [0, 0.05) is 6.04 Å². The molecule has 0 bridgehead atoms. The second-order valence-electron chi connectivity index (χ2n) is 4.54. The zero-order chi connectivity index (χ0) is 13.2. The number of rotatable bonds is 4. The van der Waals surface area contributed by atoms with E-state index < -0.39 is 11.9 Å². The Morgan fingerprint density at radius 2 is 2.00 bits per heavy atom. The molecule has 0 radical (unpaired) electrons. The number of carboxylic acid groups (broad SMARTS) is 1. The molecule has 0 aromatic heterocycles. The molecule has 0 fully saturated rings. The molecule has 1 aromatic rings. The van der Waals surface area contributed by atoms with Crippen LogP contribution in [0.3, 0.4) is 0 Å². The summed E-state index contributed by atoms with van der Waals surface area (Å²) in [7, 11) is 3.64. The molecule has 2 unspecified atom stereocenters. The van der Waals surface area contributed by atoms with Gasteiger partial charge in [-0.2, -0.15) is 0 Å². The van der Waals surface area contributed by atoms with Gasteiger partial charge >= 0.3 is 5.97 Å². The van der Waals surface area contributed by atoms with E-state index in [1.54, 1.807) is 26.0 Å². The van der Waals surface area contributed by atoms with Crippen molar-refractivity contribution in [2.45, 2.75) is 19.9 Å². The zero-order valence-electron chi connectivity index (χ0n) is 10.6. The predicted octanol–water partition coefficient (Wildman–Crippen LogP) is 2.46. The molecule has 1 aromatic carbocycles. The van der Waals surface area contributed by atoms with Gasteiger partial charge in [-0.3, -0.25) is 4.79 Å². The lowest BCUT2D eigenvalue weighted by Crippen LogP contribution is -2.30. The maximum atomic E-state index is 13.2. The third-order valence-electron chi connectivity index (χ3n) is 2.94. The molecule has 3 nitrogen and oxygen atoms in total. The summed E-state index contributed by atoms with van der Waals surface area (Å²) in [5.74, 6) is -1.67. The van der Waals surface area contributed by atoms with Crippen molar-refractivity contribution in [3.8, 4) is 0 Å². The van der Waals surface area contributed by atoms with Crippen molar-refractivity contribution in [1.82, 2.24) is 4.90 Å². The van der Waals surface area contributed by atoms with E-state index in [-0.39, 0.29) is 11.9 Å². The van der Waals surface area contributed by atoms with E-state index in [2.05, 4.69) is 0 Å². The molecule has 17 heavy (non-hydrogen) atoms. The van der Waals surface area contributed by atoms with Crippen molar-refractivity contribution >= 4 is 5.97 Å². The summed E-state index contributed by atoms with van der Waals surface area (Å²) in [6, 6.07) is 4.48. The standard InChI is InChI=1S/C13H18FNO2/c1-8-7-10(5-6-11(8)14)12(15(3)4)9(2)13(16)17/h5-7,9,12H,1-4H3,(H,16,17). The van der Waals surface area contributed by atoms with Crippen molar-refractivity contribution in [1.29, 1.82) is 0 Å². The monoisotopic (exact) mass is 239 g/mol. The van der Waals surface area contributed by atoms with E-state index in [0.717, 1.165) is 5.56 Å².